The Hall–Kier alpha value is -2.33. The third-order valence-corrected chi connectivity index (χ3v) is 5.21. The minimum Gasteiger partial charge on any atom is -0.497 e. The number of methoxy groups -OCH3 is 1. The summed E-state index contributed by atoms with van der Waals surface area (Å²) in [5, 5.41) is 0. The highest BCUT2D eigenvalue weighted by molar-refractivity contribution is 5.54. The Balaban J connectivity index is 1.52. The van der Waals surface area contributed by atoms with E-state index in [1.165, 1.54) is 29.6 Å². The number of hydrogen-bond donors (Lipinski definition) is 0. The molecule has 0 aliphatic carbocycles. The van der Waals surface area contributed by atoms with E-state index in [9.17, 15) is 0 Å². The highest BCUT2D eigenvalue weighted by Crippen LogP contribution is 2.30. The second-order valence-electron chi connectivity index (χ2n) is 6.92. The molecule has 3 aromatic rings. The fraction of sp³-hybridized carbons (Fsp3) is 0.381. The quantitative estimate of drug-likeness (QED) is 0.721. The fourth-order valence-electron chi connectivity index (χ4n) is 3.93. The number of ether oxygens (including phenoxy) is 1. The lowest BCUT2D eigenvalue weighted by atomic mass is 9.93. The van der Waals surface area contributed by atoms with Crippen molar-refractivity contribution in [2.24, 2.45) is 0 Å². The Morgan fingerprint density at radius 2 is 2.00 bits per heavy atom. The molecule has 1 unspecified atom stereocenters. The van der Waals surface area contributed by atoms with Crippen LogP contribution >= 0.6 is 0 Å². The van der Waals surface area contributed by atoms with Gasteiger partial charge in [-0.2, -0.15) is 0 Å². The fourth-order valence-corrected chi connectivity index (χ4v) is 3.93. The van der Waals surface area contributed by atoms with Crippen LogP contribution in [0.3, 0.4) is 0 Å². The predicted molar refractivity (Wildman–Crippen MR) is 100 cm³/mol. The summed E-state index contributed by atoms with van der Waals surface area (Å²) in [5.41, 5.74) is 3.86. The van der Waals surface area contributed by atoms with Gasteiger partial charge in [-0.1, -0.05) is 18.2 Å². The Morgan fingerprint density at radius 3 is 2.80 bits per heavy atom. The van der Waals surface area contributed by atoms with Crippen LogP contribution in [0.15, 0.2) is 48.7 Å². The van der Waals surface area contributed by atoms with Gasteiger partial charge in [-0.3, -0.25) is 4.90 Å². The van der Waals surface area contributed by atoms with Crippen LogP contribution < -0.4 is 4.74 Å². The average Bonchev–Trinajstić information content (AvgIpc) is 3.00. The van der Waals surface area contributed by atoms with E-state index in [0.29, 0.717) is 5.92 Å². The van der Waals surface area contributed by atoms with Gasteiger partial charge in [0.15, 0.2) is 0 Å². The number of hydrogen-bond acceptors (Lipinski definition) is 3. The Labute approximate surface area is 149 Å². The number of rotatable bonds is 4. The van der Waals surface area contributed by atoms with Crippen molar-refractivity contribution >= 4 is 5.52 Å². The molecule has 0 bridgehead atoms. The summed E-state index contributed by atoms with van der Waals surface area (Å²) in [7, 11) is 1.71. The third-order valence-electron chi connectivity index (χ3n) is 5.21. The molecule has 3 heterocycles. The van der Waals surface area contributed by atoms with Crippen molar-refractivity contribution in [2.45, 2.75) is 32.2 Å². The van der Waals surface area contributed by atoms with Gasteiger partial charge in [-0.15, -0.1) is 0 Å². The summed E-state index contributed by atoms with van der Waals surface area (Å²) in [5.74, 6) is 2.51. The summed E-state index contributed by atoms with van der Waals surface area (Å²) in [6.07, 6.45) is 4.56. The number of piperidine rings is 1. The summed E-state index contributed by atoms with van der Waals surface area (Å²) >= 11 is 0. The van der Waals surface area contributed by atoms with E-state index in [2.05, 4.69) is 52.8 Å². The molecule has 4 rings (SSSR count). The van der Waals surface area contributed by atoms with Crippen molar-refractivity contribution in [3.05, 3.63) is 65.7 Å². The molecular formula is C21H25N3O. The number of aryl methyl sites for hydroxylation is 1. The van der Waals surface area contributed by atoms with Crippen molar-refractivity contribution in [2.75, 3.05) is 20.2 Å². The van der Waals surface area contributed by atoms with Gasteiger partial charge in [0.05, 0.1) is 18.3 Å². The van der Waals surface area contributed by atoms with Gasteiger partial charge in [0, 0.05) is 25.2 Å². The van der Waals surface area contributed by atoms with Gasteiger partial charge in [-0.25, -0.2) is 4.98 Å². The largest absolute Gasteiger partial charge is 0.497 e. The van der Waals surface area contributed by atoms with Crippen LogP contribution in [-0.4, -0.2) is 34.5 Å². The summed E-state index contributed by atoms with van der Waals surface area (Å²) in [6.45, 7) is 5.32. The maximum atomic E-state index is 5.25. The van der Waals surface area contributed by atoms with Gasteiger partial charge in [0.2, 0.25) is 0 Å². The average molecular weight is 335 g/mol. The van der Waals surface area contributed by atoms with Crippen LogP contribution in [0.1, 0.15) is 35.8 Å². The van der Waals surface area contributed by atoms with E-state index in [1.807, 2.05) is 12.1 Å². The van der Waals surface area contributed by atoms with Gasteiger partial charge >= 0.3 is 0 Å². The number of likely N-dealkylation sites (tertiary alicyclic amines) is 1. The molecule has 2 aromatic heterocycles. The van der Waals surface area contributed by atoms with Gasteiger partial charge in [-0.05, 0) is 56.1 Å². The van der Waals surface area contributed by atoms with Gasteiger partial charge < -0.3 is 9.14 Å². The number of pyridine rings is 1. The highest BCUT2D eigenvalue weighted by Gasteiger charge is 2.25. The molecule has 1 aliphatic heterocycles. The Morgan fingerprint density at radius 1 is 1.16 bits per heavy atom. The lowest BCUT2D eigenvalue weighted by Crippen LogP contribution is -2.34. The molecule has 1 fully saturated rings. The van der Waals surface area contributed by atoms with Crippen molar-refractivity contribution in [3.63, 3.8) is 0 Å². The molecule has 0 radical (unpaired) electrons. The minimum absolute atomic E-state index is 0.512. The molecule has 130 valence electrons. The molecule has 1 aliphatic rings. The minimum atomic E-state index is 0.512. The number of nitrogens with zero attached hydrogens (tertiary/aromatic N) is 3. The number of imidazole rings is 1. The third kappa shape index (κ3) is 3.27. The van der Waals surface area contributed by atoms with Crippen LogP contribution in [0.5, 0.6) is 5.75 Å². The molecule has 1 atom stereocenters. The van der Waals surface area contributed by atoms with Crippen molar-refractivity contribution < 1.29 is 4.74 Å². The van der Waals surface area contributed by atoms with Crippen LogP contribution in [0, 0.1) is 6.92 Å². The molecular weight excluding hydrogens is 310 g/mol. The maximum absolute atomic E-state index is 5.25. The van der Waals surface area contributed by atoms with Gasteiger partial charge in [0.25, 0.3) is 0 Å². The number of benzene rings is 1. The van der Waals surface area contributed by atoms with E-state index in [1.54, 1.807) is 7.11 Å². The molecule has 0 spiro atoms. The molecule has 0 N–H and O–H groups in total. The molecule has 1 aromatic carbocycles. The van der Waals surface area contributed by atoms with Crippen molar-refractivity contribution in [1.29, 1.82) is 0 Å². The van der Waals surface area contributed by atoms with Crippen molar-refractivity contribution in [3.8, 4) is 5.75 Å². The zero-order chi connectivity index (χ0) is 17.2. The smallest absolute Gasteiger partial charge is 0.118 e. The second kappa shape index (κ2) is 6.89. The lowest BCUT2D eigenvalue weighted by Gasteiger charge is -2.32. The first-order valence-electron chi connectivity index (χ1n) is 9.03. The maximum Gasteiger partial charge on any atom is 0.118 e. The van der Waals surface area contributed by atoms with Crippen molar-refractivity contribution in [1.82, 2.24) is 14.3 Å². The second-order valence-corrected chi connectivity index (χ2v) is 6.92. The highest BCUT2D eigenvalue weighted by atomic mass is 16.5. The monoisotopic (exact) mass is 335 g/mol. The van der Waals surface area contributed by atoms with Crippen LogP contribution in [-0.2, 0) is 6.54 Å². The van der Waals surface area contributed by atoms with Crippen LogP contribution in [0.4, 0.5) is 0 Å². The van der Waals surface area contributed by atoms with E-state index >= 15 is 0 Å². The Kier molecular flexibility index (Phi) is 4.45. The molecule has 0 amide bonds. The first-order valence-corrected chi connectivity index (χ1v) is 9.03. The topological polar surface area (TPSA) is 29.8 Å². The molecule has 25 heavy (non-hydrogen) atoms. The first-order chi connectivity index (χ1) is 12.2. The summed E-state index contributed by atoms with van der Waals surface area (Å²) in [4.78, 5) is 7.45. The lowest BCUT2D eigenvalue weighted by molar-refractivity contribution is 0.199. The molecule has 0 saturated carbocycles. The zero-order valence-electron chi connectivity index (χ0n) is 15.0. The molecule has 1 saturated heterocycles. The summed E-state index contributed by atoms with van der Waals surface area (Å²) in [6, 6.07) is 14.8. The molecule has 4 heteroatoms. The normalized spacial score (nSPS) is 18.6. The standard InChI is InChI=1S/C21H25N3O/c1-16-22-21(20-7-3-4-13-24(16)20)18-6-5-12-23(15-18)14-17-8-10-19(25-2)11-9-17/h3-4,7-11,13,18H,5-6,12,14-15H2,1-2H3. The predicted octanol–water partition coefficient (Wildman–Crippen LogP) is 4.03. The SMILES string of the molecule is COc1ccc(CN2CCCC(c3nc(C)n4ccccc34)C2)cc1. The zero-order valence-corrected chi connectivity index (χ0v) is 15.0. The Bertz CT molecular complexity index is 853. The van der Waals surface area contributed by atoms with E-state index in [4.69, 9.17) is 9.72 Å². The summed E-state index contributed by atoms with van der Waals surface area (Å²) < 4.78 is 7.46. The molecule has 4 nitrogen and oxygen atoms in total. The number of aromatic nitrogens is 2. The van der Waals surface area contributed by atoms with Crippen LogP contribution in [0.25, 0.3) is 5.52 Å². The number of fused-ring (bicyclic) bond motifs is 1. The van der Waals surface area contributed by atoms with Crippen LogP contribution in [0.2, 0.25) is 0 Å². The van der Waals surface area contributed by atoms with E-state index in [-0.39, 0.29) is 0 Å². The van der Waals surface area contributed by atoms with Gasteiger partial charge in [0.1, 0.15) is 11.6 Å². The first kappa shape index (κ1) is 16.2. The van der Waals surface area contributed by atoms with E-state index in [0.717, 1.165) is 31.2 Å². The van der Waals surface area contributed by atoms with E-state index < -0.39 is 0 Å².